The van der Waals surface area contributed by atoms with Crippen molar-refractivity contribution in [2.45, 2.75) is 26.3 Å². The van der Waals surface area contributed by atoms with E-state index in [0.717, 1.165) is 17.7 Å². The zero-order valence-electron chi connectivity index (χ0n) is 12.1. The van der Waals surface area contributed by atoms with Crippen LogP contribution in [0.2, 0.25) is 0 Å². The highest BCUT2D eigenvalue weighted by molar-refractivity contribution is 7.10. The molecular weight excluding hydrogens is 268 g/mol. The Morgan fingerprint density at radius 1 is 1.35 bits per heavy atom. The SMILES string of the molecule is CC(=O)N(C)C(Cc1ccccc1N)c1sccc1C. The number of nitrogens with two attached hydrogens (primary N) is 1. The molecule has 0 fully saturated rings. The van der Waals surface area contributed by atoms with E-state index in [9.17, 15) is 4.79 Å². The molecule has 1 unspecified atom stereocenters. The van der Waals surface area contributed by atoms with Gasteiger partial charge in [0.05, 0.1) is 6.04 Å². The fourth-order valence-corrected chi connectivity index (χ4v) is 3.35. The molecule has 0 aliphatic heterocycles. The van der Waals surface area contributed by atoms with Gasteiger partial charge >= 0.3 is 0 Å². The van der Waals surface area contributed by atoms with Gasteiger partial charge in [-0.05, 0) is 42.0 Å². The summed E-state index contributed by atoms with van der Waals surface area (Å²) >= 11 is 1.69. The molecule has 3 nitrogen and oxygen atoms in total. The molecule has 2 rings (SSSR count). The number of para-hydroxylation sites is 1. The van der Waals surface area contributed by atoms with Gasteiger partial charge in [0, 0.05) is 24.5 Å². The van der Waals surface area contributed by atoms with Crippen molar-refractivity contribution in [3.8, 4) is 0 Å². The average molecular weight is 288 g/mol. The Balaban J connectivity index is 2.36. The zero-order valence-corrected chi connectivity index (χ0v) is 12.9. The average Bonchev–Trinajstić information content (AvgIpc) is 2.83. The zero-order chi connectivity index (χ0) is 14.7. The van der Waals surface area contributed by atoms with Crippen LogP contribution in [0.3, 0.4) is 0 Å². The van der Waals surface area contributed by atoms with Crippen molar-refractivity contribution in [1.29, 1.82) is 0 Å². The normalized spacial score (nSPS) is 12.2. The summed E-state index contributed by atoms with van der Waals surface area (Å²) in [6.45, 7) is 3.69. The maximum absolute atomic E-state index is 11.8. The molecule has 0 bridgehead atoms. The molecule has 1 heterocycles. The fraction of sp³-hybridized carbons (Fsp3) is 0.312. The molecule has 4 heteroatoms. The molecule has 0 saturated heterocycles. The van der Waals surface area contributed by atoms with Gasteiger partial charge < -0.3 is 10.6 Å². The van der Waals surface area contributed by atoms with Gasteiger partial charge in [-0.15, -0.1) is 11.3 Å². The summed E-state index contributed by atoms with van der Waals surface area (Å²) in [6.07, 6.45) is 0.740. The minimum Gasteiger partial charge on any atom is -0.399 e. The molecule has 106 valence electrons. The van der Waals surface area contributed by atoms with E-state index in [1.165, 1.54) is 10.4 Å². The van der Waals surface area contributed by atoms with E-state index in [4.69, 9.17) is 5.73 Å². The van der Waals surface area contributed by atoms with Crippen molar-refractivity contribution < 1.29 is 4.79 Å². The van der Waals surface area contributed by atoms with Crippen molar-refractivity contribution in [2.75, 3.05) is 12.8 Å². The Hall–Kier alpha value is -1.81. The van der Waals surface area contributed by atoms with Gasteiger partial charge in [-0.2, -0.15) is 0 Å². The maximum Gasteiger partial charge on any atom is 0.219 e. The number of hydrogen-bond acceptors (Lipinski definition) is 3. The van der Waals surface area contributed by atoms with Crippen LogP contribution < -0.4 is 5.73 Å². The van der Waals surface area contributed by atoms with Gasteiger partial charge in [-0.25, -0.2) is 0 Å². The number of carbonyl (C=O) groups excluding carboxylic acids is 1. The molecule has 0 radical (unpaired) electrons. The molecule has 20 heavy (non-hydrogen) atoms. The molecule has 1 aromatic heterocycles. The van der Waals surface area contributed by atoms with E-state index >= 15 is 0 Å². The second-order valence-corrected chi connectivity index (χ2v) is 5.96. The molecule has 1 atom stereocenters. The fourth-order valence-electron chi connectivity index (χ4n) is 2.28. The first-order valence-electron chi connectivity index (χ1n) is 6.61. The third kappa shape index (κ3) is 3.02. The van der Waals surface area contributed by atoms with E-state index in [1.54, 1.807) is 23.2 Å². The van der Waals surface area contributed by atoms with Crippen molar-refractivity contribution in [2.24, 2.45) is 0 Å². The van der Waals surface area contributed by atoms with Crippen LogP contribution in [0.1, 0.15) is 29.0 Å². The molecule has 0 saturated carbocycles. The maximum atomic E-state index is 11.8. The van der Waals surface area contributed by atoms with Crippen molar-refractivity contribution in [1.82, 2.24) is 4.90 Å². The van der Waals surface area contributed by atoms with Crippen molar-refractivity contribution in [3.05, 3.63) is 51.7 Å². The van der Waals surface area contributed by atoms with E-state index in [1.807, 2.05) is 31.3 Å². The van der Waals surface area contributed by atoms with Crippen LogP contribution in [0, 0.1) is 6.92 Å². The van der Waals surface area contributed by atoms with Gasteiger partial charge in [0.25, 0.3) is 0 Å². The number of aryl methyl sites for hydroxylation is 1. The summed E-state index contributed by atoms with van der Waals surface area (Å²) in [4.78, 5) is 14.8. The van der Waals surface area contributed by atoms with Crippen LogP contribution in [-0.4, -0.2) is 17.9 Å². The van der Waals surface area contributed by atoms with E-state index in [0.29, 0.717) is 0 Å². The third-order valence-electron chi connectivity index (χ3n) is 3.64. The summed E-state index contributed by atoms with van der Waals surface area (Å²) in [5, 5.41) is 2.07. The third-order valence-corrected chi connectivity index (χ3v) is 4.76. The van der Waals surface area contributed by atoms with Gasteiger partial charge in [0.2, 0.25) is 5.91 Å². The summed E-state index contributed by atoms with van der Waals surface area (Å²) in [5.74, 6) is 0.0669. The number of carbonyl (C=O) groups is 1. The van der Waals surface area contributed by atoms with Crippen LogP contribution in [0.5, 0.6) is 0 Å². The summed E-state index contributed by atoms with van der Waals surface area (Å²) in [5.41, 5.74) is 9.12. The van der Waals surface area contributed by atoms with E-state index in [-0.39, 0.29) is 11.9 Å². The lowest BCUT2D eigenvalue weighted by molar-refractivity contribution is -0.129. The number of amides is 1. The van der Waals surface area contributed by atoms with Crippen LogP contribution in [0.4, 0.5) is 5.69 Å². The predicted molar refractivity (Wildman–Crippen MR) is 84.8 cm³/mol. The monoisotopic (exact) mass is 288 g/mol. The number of thiophene rings is 1. The van der Waals surface area contributed by atoms with Gasteiger partial charge in [0.15, 0.2) is 0 Å². The van der Waals surface area contributed by atoms with E-state index in [2.05, 4.69) is 18.4 Å². The van der Waals surface area contributed by atoms with Crippen LogP contribution >= 0.6 is 11.3 Å². The van der Waals surface area contributed by atoms with Gasteiger partial charge in [-0.1, -0.05) is 18.2 Å². The molecule has 0 aliphatic rings. The predicted octanol–water partition coefficient (Wildman–Crippen LogP) is 3.40. The highest BCUT2D eigenvalue weighted by Crippen LogP contribution is 2.32. The Morgan fingerprint density at radius 3 is 2.60 bits per heavy atom. The lowest BCUT2D eigenvalue weighted by atomic mass is 10.00. The molecular formula is C16H20N2OS. The first kappa shape index (κ1) is 14.6. The Morgan fingerprint density at radius 2 is 2.05 bits per heavy atom. The number of hydrogen-bond donors (Lipinski definition) is 1. The van der Waals surface area contributed by atoms with Crippen LogP contribution in [0.15, 0.2) is 35.7 Å². The minimum atomic E-state index is 0.0391. The summed E-state index contributed by atoms with van der Waals surface area (Å²) in [6, 6.07) is 9.98. The number of rotatable bonds is 4. The quantitative estimate of drug-likeness (QED) is 0.876. The Bertz CT molecular complexity index is 606. The first-order chi connectivity index (χ1) is 9.50. The highest BCUT2D eigenvalue weighted by atomic mass is 32.1. The van der Waals surface area contributed by atoms with Crippen LogP contribution in [0.25, 0.3) is 0 Å². The number of likely N-dealkylation sites (N-methyl/N-ethyl adjacent to an activating group) is 1. The molecule has 0 spiro atoms. The van der Waals surface area contributed by atoms with Crippen molar-refractivity contribution >= 4 is 22.9 Å². The summed E-state index contributed by atoms with van der Waals surface area (Å²) < 4.78 is 0. The molecule has 1 aromatic carbocycles. The number of anilines is 1. The second kappa shape index (κ2) is 6.09. The standard InChI is InChI=1S/C16H20N2OS/c1-11-8-9-20-16(11)15(18(3)12(2)19)10-13-6-4-5-7-14(13)17/h4-9,15H,10,17H2,1-3H3. The smallest absolute Gasteiger partial charge is 0.219 e. The Kier molecular flexibility index (Phi) is 4.45. The molecule has 0 aliphatic carbocycles. The largest absolute Gasteiger partial charge is 0.399 e. The minimum absolute atomic E-state index is 0.0391. The lowest BCUT2D eigenvalue weighted by Crippen LogP contribution is -2.30. The Labute approximate surface area is 124 Å². The van der Waals surface area contributed by atoms with Crippen molar-refractivity contribution in [3.63, 3.8) is 0 Å². The number of nitrogen functional groups attached to an aromatic ring is 1. The van der Waals surface area contributed by atoms with Crippen LogP contribution in [-0.2, 0) is 11.2 Å². The second-order valence-electron chi connectivity index (χ2n) is 5.02. The first-order valence-corrected chi connectivity index (χ1v) is 7.49. The lowest BCUT2D eigenvalue weighted by Gasteiger charge is -2.28. The molecule has 2 aromatic rings. The topological polar surface area (TPSA) is 46.3 Å². The van der Waals surface area contributed by atoms with E-state index < -0.39 is 0 Å². The van der Waals surface area contributed by atoms with Gasteiger partial charge in [-0.3, -0.25) is 4.79 Å². The highest BCUT2D eigenvalue weighted by Gasteiger charge is 2.23. The number of nitrogens with zero attached hydrogens (tertiary/aromatic N) is 1. The number of benzene rings is 1. The van der Waals surface area contributed by atoms with Gasteiger partial charge in [0.1, 0.15) is 0 Å². The molecule has 2 N–H and O–H groups in total. The summed E-state index contributed by atoms with van der Waals surface area (Å²) in [7, 11) is 1.85. The molecule has 1 amide bonds.